The Morgan fingerprint density at radius 2 is 0.646 bits per heavy atom. The van der Waals surface area contributed by atoms with E-state index in [1.165, 1.54) is 38.5 Å². The molecule has 2 fully saturated rings. The molecule has 8 amide bonds. The van der Waals surface area contributed by atoms with Crippen LogP contribution in [0, 0.1) is 0 Å². The SMILES string of the molecule is COc1cc(N)c(Cl)cc1C(=O)OCCN1CCC(NC(=O)NCCOCCOCCOCCOCCOCCOCCOCCOCCn2cc(CNC(=O)NCCCN(C)CCCNC(=O)NCc3cn(CCOCCOCCOCCOCCOCCOCCOCCOCCNC(=O)NC4CCN(CCOC(=O)c5cc(Cl)c(N)cc5OC)CC4)nn3)nn2)CC1. The number of likely N-dealkylation sites (tertiary alicyclic amines) is 2. The Hall–Kier alpha value is -8.24. The molecule has 12 N–H and O–H groups in total. The van der Waals surface area contributed by atoms with Gasteiger partial charge in [0, 0.05) is 89.7 Å². The topological polar surface area (TPSA) is 506 Å². The van der Waals surface area contributed by atoms with Gasteiger partial charge in [0.05, 0.1) is 286 Å². The summed E-state index contributed by atoms with van der Waals surface area (Å²) >= 11 is 12.2. The summed E-state index contributed by atoms with van der Waals surface area (Å²) in [6.45, 7) is 22.8. The first-order valence-corrected chi connectivity index (χ1v) is 45.2. The summed E-state index contributed by atoms with van der Waals surface area (Å²) in [5, 5.41) is 40.0. The first-order valence-electron chi connectivity index (χ1n) is 44.4. The van der Waals surface area contributed by atoms with Gasteiger partial charge in [-0.2, -0.15) is 0 Å². The van der Waals surface area contributed by atoms with Crippen molar-refractivity contribution in [2.45, 2.75) is 76.8 Å². The third-order valence-corrected chi connectivity index (χ3v) is 20.1. The van der Waals surface area contributed by atoms with E-state index in [0.29, 0.717) is 298 Å². The lowest BCUT2D eigenvalue weighted by atomic mass is 10.1. The number of ether oxygens (including phenoxy) is 20. The van der Waals surface area contributed by atoms with Gasteiger partial charge in [-0.25, -0.2) is 38.1 Å². The van der Waals surface area contributed by atoms with Gasteiger partial charge in [-0.15, -0.1) is 10.2 Å². The van der Waals surface area contributed by atoms with Gasteiger partial charge in [-0.05, 0) is 70.8 Å². The maximum Gasteiger partial charge on any atom is 0.342 e. The zero-order valence-corrected chi connectivity index (χ0v) is 77.3. The number of carbonyl (C=O) groups excluding carboxylic acids is 6. The van der Waals surface area contributed by atoms with Gasteiger partial charge in [0.25, 0.3) is 0 Å². The van der Waals surface area contributed by atoms with Gasteiger partial charge < -0.3 is 154 Å². The number of urea groups is 4. The molecule has 0 bridgehead atoms. The fourth-order valence-corrected chi connectivity index (χ4v) is 12.7. The summed E-state index contributed by atoms with van der Waals surface area (Å²) < 4.78 is 114. The minimum atomic E-state index is -0.536. The molecule has 2 aliphatic rings. The van der Waals surface area contributed by atoms with Crippen LogP contribution in [0.1, 0.15) is 70.6 Å². The number of aromatic nitrogens is 6. The maximum absolute atomic E-state index is 12.6. The zero-order chi connectivity index (χ0) is 92.7. The van der Waals surface area contributed by atoms with Crippen LogP contribution >= 0.6 is 23.2 Å². The fraction of sp³-hybridized carbons (Fsp3) is 0.735. The maximum atomic E-state index is 12.6. The molecule has 0 aliphatic carbocycles. The molecule has 2 aromatic carbocycles. The Labute approximate surface area is 771 Å². The lowest BCUT2D eigenvalue weighted by molar-refractivity contribution is -0.0231. The van der Waals surface area contributed by atoms with E-state index in [0.717, 1.165) is 77.8 Å². The molecule has 0 unspecified atom stereocenters. The molecule has 130 heavy (non-hydrogen) atoms. The van der Waals surface area contributed by atoms with E-state index in [-0.39, 0.29) is 83.7 Å². The molecule has 0 saturated carbocycles. The van der Waals surface area contributed by atoms with E-state index in [9.17, 15) is 28.8 Å². The molecule has 2 aliphatic heterocycles. The molecule has 45 nitrogen and oxygen atoms in total. The molecule has 0 spiro atoms. The van der Waals surface area contributed by atoms with Crippen LogP contribution in [-0.4, -0.2) is 417 Å². The molecule has 0 atom stereocenters. The summed E-state index contributed by atoms with van der Waals surface area (Å²) in [6.07, 6.45) is 8.13. The number of benzene rings is 2. The standard InChI is InChI=1S/C83H141Cl2N19O26/c1-100(14-4-10-88-80(107)92-62-68-64-103(98-96-68)22-26-115-32-36-119-40-44-123-48-52-127-56-54-125-50-46-121-42-38-117-34-30-113-24-12-90-82(109)94-66-6-16-101(17-7-66)20-28-129-78(105)70-58-72(84)74(86)60-76(70)111-2)15-5-11-89-81(108)93-63-69-65-104(99-97-69)23-27-116-33-37-120-41-45-124-49-53-128-57-55-126-51-47-122-43-39-118-35-31-114-25-13-91-83(110)95-67-8-18-102(19-9-67)21-29-130-79(106)71-59-73(85)75(87)61-77(71)112-3/h58-61,64-67H,4-57,62-63,86-87H2,1-3H3,(H2,88,92,107)(H2,89,93,108)(H2,90,94,109)(H2,91,95,110). The normalized spacial score (nSPS) is 13.3. The van der Waals surface area contributed by atoms with Crippen molar-refractivity contribution in [3.8, 4) is 11.5 Å². The third-order valence-electron chi connectivity index (χ3n) is 19.4. The Kier molecular flexibility index (Phi) is 61.5. The average Bonchev–Trinajstić information content (AvgIpc) is 0.938. The van der Waals surface area contributed by atoms with Gasteiger partial charge in [-0.3, -0.25) is 9.80 Å². The highest BCUT2D eigenvalue weighted by Crippen LogP contribution is 2.31. The van der Waals surface area contributed by atoms with Gasteiger partial charge >= 0.3 is 36.1 Å². The second-order valence-electron chi connectivity index (χ2n) is 29.4. The minimum Gasteiger partial charge on any atom is -0.496 e. The molecule has 2 aromatic heterocycles. The Morgan fingerprint density at radius 3 is 0.938 bits per heavy atom. The number of nitrogen functional groups attached to an aromatic ring is 2. The third kappa shape index (κ3) is 53.5. The Morgan fingerprint density at radius 1 is 0.369 bits per heavy atom. The number of anilines is 2. The van der Waals surface area contributed by atoms with Gasteiger partial charge in [-0.1, -0.05) is 33.6 Å². The van der Waals surface area contributed by atoms with E-state index in [1.54, 1.807) is 21.8 Å². The molecular weight excluding hydrogens is 1750 g/mol. The summed E-state index contributed by atoms with van der Waals surface area (Å²) in [5.74, 6) is -0.472. The summed E-state index contributed by atoms with van der Waals surface area (Å²) in [4.78, 5) is 81.4. The smallest absolute Gasteiger partial charge is 0.342 e. The quantitative estimate of drug-likeness (QED) is 0.0171. The number of nitrogens with zero attached hydrogens (tertiary/aromatic N) is 9. The number of carbonyl (C=O) groups is 6. The van der Waals surface area contributed by atoms with Crippen LogP contribution in [0.4, 0.5) is 30.6 Å². The van der Waals surface area contributed by atoms with Crippen molar-refractivity contribution in [2.24, 2.45) is 0 Å². The van der Waals surface area contributed by atoms with Crippen molar-refractivity contribution in [1.82, 2.24) is 87.2 Å². The van der Waals surface area contributed by atoms with E-state index < -0.39 is 11.9 Å². The van der Waals surface area contributed by atoms with Crippen molar-refractivity contribution >= 4 is 70.6 Å². The lowest BCUT2D eigenvalue weighted by Gasteiger charge is -2.32. The van der Waals surface area contributed by atoms with Crippen LogP contribution in [0.2, 0.25) is 10.0 Å². The van der Waals surface area contributed by atoms with Crippen LogP contribution in [0.15, 0.2) is 36.7 Å². The van der Waals surface area contributed by atoms with Crippen LogP contribution in [0.5, 0.6) is 11.5 Å². The monoisotopic (exact) mass is 1890 g/mol. The number of piperidine rings is 2. The number of rotatable bonds is 78. The predicted octanol–water partition coefficient (Wildman–Crippen LogP) is 1.88. The predicted molar refractivity (Wildman–Crippen MR) is 478 cm³/mol. The van der Waals surface area contributed by atoms with Crippen LogP contribution in [0.25, 0.3) is 0 Å². The van der Waals surface area contributed by atoms with Crippen molar-refractivity contribution < 1.29 is 124 Å². The minimum absolute atomic E-state index is 0.0479. The molecule has 738 valence electrons. The molecular formula is C83H141Cl2N19O26. The second kappa shape index (κ2) is 72.3. The second-order valence-corrected chi connectivity index (χ2v) is 30.2. The van der Waals surface area contributed by atoms with E-state index >= 15 is 0 Å². The number of halogens is 2. The van der Waals surface area contributed by atoms with Crippen molar-refractivity contribution in [2.75, 3.05) is 336 Å². The van der Waals surface area contributed by atoms with E-state index in [1.807, 2.05) is 7.05 Å². The summed E-state index contributed by atoms with van der Waals surface area (Å²) in [5.41, 5.74) is 13.9. The van der Waals surface area contributed by atoms with Gasteiger partial charge in [0.1, 0.15) is 47.2 Å². The first kappa shape index (κ1) is 111. The molecule has 4 heterocycles. The van der Waals surface area contributed by atoms with Crippen molar-refractivity contribution in [3.63, 3.8) is 0 Å². The molecule has 47 heteroatoms. The zero-order valence-electron chi connectivity index (χ0n) is 75.8. The molecule has 4 aromatic rings. The van der Waals surface area contributed by atoms with E-state index in [4.69, 9.17) is 129 Å². The van der Waals surface area contributed by atoms with Crippen LogP contribution in [0.3, 0.4) is 0 Å². The highest BCUT2D eigenvalue weighted by molar-refractivity contribution is 6.34. The van der Waals surface area contributed by atoms with Crippen LogP contribution < -0.4 is 63.5 Å². The number of amides is 8. The highest BCUT2D eigenvalue weighted by Gasteiger charge is 2.25. The Bertz CT molecular complexity index is 3430. The first-order chi connectivity index (χ1) is 63.5. The summed E-state index contributed by atoms with van der Waals surface area (Å²) in [7, 11) is 4.89. The van der Waals surface area contributed by atoms with Crippen LogP contribution in [-0.2, 0) is 111 Å². The summed E-state index contributed by atoms with van der Waals surface area (Å²) in [6, 6.07) is 4.90. The average molecular weight is 1890 g/mol. The van der Waals surface area contributed by atoms with E-state index in [2.05, 4.69) is 77.9 Å². The Balaban J connectivity index is 0.571. The van der Waals surface area contributed by atoms with Crippen molar-refractivity contribution in [1.29, 1.82) is 0 Å². The number of methoxy groups -OCH3 is 2. The largest absolute Gasteiger partial charge is 0.496 e. The van der Waals surface area contributed by atoms with Gasteiger partial charge in [0.15, 0.2) is 0 Å². The fourth-order valence-electron chi connectivity index (χ4n) is 12.4. The van der Waals surface area contributed by atoms with Crippen molar-refractivity contribution in [3.05, 3.63) is 69.2 Å². The number of nitrogens with two attached hydrogens (primary N) is 2. The van der Waals surface area contributed by atoms with Gasteiger partial charge in [0.2, 0.25) is 0 Å². The number of esters is 2. The highest BCUT2D eigenvalue weighted by atomic mass is 35.5. The molecule has 0 radical (unpaired) electrons. The molecule has 2 saturated heterocycles. The lowest BCUT2D eigenvalue weighted by Crippen LogP contribution is -2.48. The molecule has 6 rings (SSSR count). The number of hydrogen-bond donors (Lipinski definition) is 10. The number of hydrogen-bond acceptors (Lipinski definition) is 35. The number of nitrogens with one attached hydrogen (secondary N) is 8.